The second-order valence-electron chi connectivity index (χ2n) is 8.37. The molecular formula is C25H32N2O3. The summed E-state index contributed by atoms with van der Waals surface area (Å²) in [6, 6.07) is 17.0. The first-order valence-corrected chi connectivity index (χ1v) is 11.2. The van der Waals surface area contributed by atoms with Gasteiger partial charge in [0.1, 0.15) is 0 Å². The van der Waals surface area contributed by atoms with Gasteiger partial charge in [0.05, 0.1) is 25.2 Å². The van der Waals surface area contributed by atoms with E-state index in [1.165, 1.54) is 22.5 Å². The summed E-state index contributed by atoms with van der Waals surface area (Å²) in [5.41, 5.74) is 5.01. The van der Waals surface area contributed by atoms with Gasteiger partial charge in [-0.1, -0.05) is 36.4 Å². The van der Waals surface area contributed by atoms with E-state index in [4.69, 9.17) is 4.74 Å². The van der Waals surface area contributed by atoms with Crippen molar-refractivity contribution in [2.75, 3.05) is 37.7 Å². The number of benzene rings is 2. The van der Waals surface area contributed by atoms with Crippen molar-refractivity contribution < 1.29 is 14.6 Å². The molecule has 1 unspecified atom stereocenters. The molecule has 0 saturated carbocycles. The number of fused-ring (bicyclic) bond motifs is 2. The monoisotopic (exact) mass is 408 g/mol. The van der Waals surface area contributed by atoms with Gasteiger partial charge in [-0.2, -0.15) is 0 Å². The molecule has 4 rings (SSSR count). The normalized spacial score (nSPS) is 20.1. The summed E-state index contributed by atoms with van der Waals surface area (Å²) in [4.78, 5) is 16.6. The number of β-amino-alcohol motifs (C(OH)–C–C–N with tert-alkyl or cyclic N) is 1. The van der Waals surface area contributed by atoms with Crippen LogP contribution in [0.5, 0.6) is 0 Å². The summed E-state index contributed by atoms with van der Waals surface area (Å²) < 4.78 is 5.21. The highest BCUT2D eigenvalue weighted by Crippen LogP contribution is 2.36. The largest absolute Gasteiger partial charge is 0.466 e. The molecule has 5 nitrogen and oxygen atoms in total. The van der Waals surface area contributed by atoms with Crippen molar-refractivity contribution in [1.29, 1.82) is 0 Å². The van der Waals surface area contributed by atoms with Crippen LogP contribution in [0.25, 0.3) is 0 Å². The van der Waals surface area contributed by atoms with E-state index < -0.39 is 6.10 Å². The topological polar surface area (TPSA) is 53.0 Å². The Kier molecular flexibility index (Phi) is 6.70. The predicted octanol–water partition coefficient (Wildman–Crippen LogP) is 3.56. The van der Waals surface area contributed by atoms with Crippen LogP contribution in [0.1, 0.15) is 30.9 Å². The van der Waals surface area contributed by atoms with Gasteiger partial charge < -0.3 is 14.7 Å². The van der Waals surface area contributed by atoms with E-state index in [-0.39, 0.29) is 11.9 Å². The molecule has 1 N–H and O–H groups in total. The van der Waals surface area contributed by atoms with Crippen LogP contribution < -0.4 is 4.90 Å². The number of nitrogens with zero attached hydrogens (tertiary/aromatic N) is 2. The summed E-state index contributed by atoms with van der Waals surface area (Å²) in [6.07, 6.45) is 3.34. The van der Waals surface area contributed by atoms with Gasteiger partial charge in [0, 0.05) is 24.5 Å². The zero-order chi connectivity index (χ0) is 20.9. The smallest absolute Gasteiger partial charge is 0.310 e. The minimum Gasteiger partial charge on any atom is -0.466 e. The van der Waals surface area contributed by atoms with Crippen molar-refractivity contribution in [1.82, 2.24) is 4.90 Å². The molecule has 0 aromatic heterocycles. The van der Waals surface area contributed by atoms with Crippen LogP contribution >= 0.6 is 0 Å². The number of piperidine rings is 1. The second kappa shape index (κ2) is 9.63. The first-order chi connectivity index (χ1) is 14.7. The van der Waals surface area contributed by atoms with Crippen molar-refractivity contribution in [3.05, 3.63) is 59.7 Å². The molecular weight excluding hydrogens is 376 g/mol. The molecule has 0 bridgehead atoms. The Balaban J connectivity index is 1.48. The maximum Gasteiger partial charge on any atom is 0.310 e. The Hall–Kier alpha value is -2.37. The fourth-order valence-corrected chi connectivity index (χ4v) is 4.81. The van der Waals surface area contributed by atoms with E-state index >= 15 is 0 Å². The van der Waals surface area contributed by atoms with Gasteiger partial charge in [-0.25, -0.2) is 0 Å². The molecule has 2 aliphatic rings. The second-order valence-corrected chi connectivity index (χ2v) is 8.37. The number of likely N-dealkylation sites (tertiary alicyclic amines) is 1. The third-order valence-electron chi connectivity index (χ3n) is 6.22. The molecule has 30 heavy (non-hydrogen) atoms. The van der Waals surface area contributed by atoms with E-state index in [0.717, 1.165) is 32.2 Å². The van der Waals surface area contributed by atoms with Gasteiger partial charge in [0.15, 0.2) is 0 Å². The SMILES string of the molecule is CCOC(=O)C1CCCN(C[C@@H](O)CN2c3ccccc3CCc3ccccc32)C1. The molecule has 5 heteroatoms. The Labute approximate surface area is 179 Å². The first-order valence-electron chi connectivity index (χ1n) is 11.2. The number of aliphatic hydroxyl groups is 1. The van der Waals surface area contributed by atoms with Crippen molar-refractivity contribution in [2.24, 2.45) is 5.92 Å². The number of esters is 1. The number of para-hydroxylation sites is 2. The van der Waals surface area contributed by atoms with E-state index in [1.807, 2.05) is 6.92 Å². The van der Waals surface area contributed by atoms with Crippen molar-refractivity contribution >= 4 is 17.3 Å². The van der Waals surface area contributed by atoms with Gasteiger partial charge in [-0.05, 0) is 62.4 Å². The first kappa shape index (κ1) is 20.9. The molecule has 2 aromatic rings. The highest BCUT2D eigenvalue weighted by molar-refractivity contribution is 5.73. The van der Waals surface area contributed by atoms with Crippen molar-refractivity contribution in [2.45, 2.75) is 38.7 Å². The van der Waals surface area contributed by atoms with Crippen molar-refractivity contribution in [3.63, 3.8) is 0 Å². The lowest BCUT2D eigenvalue weighted by molar-refractivity contribution is -0.150. The third kappa shape index (κ3) is 4.68. The Morgan fingerprint density at radius 1 is 1.07 bits per heavy atom. The summed E-state index contributed by atoms with van der Waals surface area (Å²) in [5, 5.41) is 11.0. The quantitative estimate of drug-likeness (QED) is 0.741. The Morgan fingerprint density at radius 2 is 1.70 bits per heavy atom. The van der Waals surface area contributed by atoms with Crippen LogP contribution in [0.3, 0.4) is 0 Å². The maximum atomic E-state index is 12.1. The van der Waals surface area contributed by atoms with Crippen LogP contribution in [0.15, 0.2) is 48.5 Å². The van der Waals surface area contributed by atoms with Crippen molar-refractivity contribution in [3.8, 4) is 0 Å². The Morgan fingerprint density at radius 3 is 2.33 bits per heavy atom. The van der Waals surface area contributed by atoms with Gasteiger partial charge >= 0.3 is 5.97 Å². The number of ether oxygens (including phenoxy) is 1. The minimum atomic E-state index is -0.509. The molecule has 1 saturated heterocycles. The lowest BCUT2D eigenvalue weighted by Crippen LogP contribution is -2.45. The summed E-state index contributed by atoms with van der Waals surface area (Å²) >= 11 is 0. The summed E-state index contributed by atoms with van der Waals surface area (Å²) in [5.74, 6) is -0.183. The number of aliphatic hydroxyl groups excluding tert-OH is 1. The standard InChI is InChI=1S/C25H32N2O3/c1-2-30-25(29)21-10-7-15-26(16-21)17-22(28)18-27-23-11-5-3-8-19(23)13-14-20-9-4-6-12-24(20)27/h3-6,8-9,11-12,21-22,28H,2,7,10,13-18H2,1H3/t21?,22-/m1/s1. The number of hydrogen-bond acceptors (Lipinski definition) is 5. The van der Waals surface area contributed by atoms with Crippen LogP contribution in [0.2, 0.25) is 0 Å². The highest BCUT2D eigenvalue weighted by atomic mass is 16.5. The fourth-order valence-electron chi connectivity index (χ4n) is 4.81. The lowest BCUT2D eigenvalue weighted by atomic mass is 9.98. The zero-order valence-electron chi connectivity index (χ0n) is 17.8. The number of anilines is 2. The minimum absolute atomic E-state index is 0.0782. The van der Waals surface area contributed by atoms with Crippen LogP contribution in [0.4, 0.5) is 11.4 Å². The molecule has 0 radical (unpaired) electrons. The molecule has 0 aliphatic carbocycles. The summed E-state index contributed by atoms with van der Waals surface area (Å²) in [7, 11) is 0. The molecule has 1 fully saturated rings. The predicted molar refractivity (Wildman–Crippen MR) is 119 cm³/mol. The summed E-state index contributed by atoms with van der Waals surface area (Å²) in [6.45, 7) is 4.96. The highest BCUT2D eigenvalue weighted by Gasteiger charge is 2.29. The third-order valence-corrected chi connectivity index (χ3v) is 6.22. The number of rotatable bonds is 6. The average molecular weight is 409 g/mol. The van der Waals surface area contributed by atoms with E-state index in [2.05, 4.69) is 58.3 Å². The number of carbonyl (C=O) groups excluding carboxylic acids is 1. The maximum absolute atomic E-state index is 12.1. The lowest BCUT2D eigenvalue weighted by Gasteiger charge is -2.35. The van der Waals surface area contributed by atoms with Gasteiger partial charge in [0.25, 0.3) is 0 Å². The molecule has 0 amide bonds. The molecule has 2 aliphatic heterocycles. The molecule has 2 aromatic carbocycles. The van der Waals surface area contributed by atoms with Gasteiger partial charge in [-0.3, -0.25) is 9.69 Å². The fraction of sp³-hybridized carbons (Fsp3) is 0.480. The molecule has 0 spiro atoms. The van der Waals surface area contributed by atoms with E-state index in [9.17, 15) is 9.90 Å². The van der Waals surface area contributed by atoms with E-state index in [0.29, 0.717) is 26.2 Å². The number of hydrogen-bond donors (Lipinski definition) is 1. The Bertz CT molecular complexity index is 821. The molecule has 160 valence electrons. The van der Waals surface area contributed by atoms with Crippen LogP contribution in [-0.2, 0) is 22.4 Å². The number of aryl methyl sites for hydroxylation is 2. The van der Waals surface area contributed by atoms with Crippen LogP contribution in [0, 0.1) is 5.92 Å². The number of carbonyl (C=O) groups is 1. The molecule has 2 heterocycles. The average Bonchev–Trinajstić information content (AvgIpc) is 2.92. The van der Waals surface area contributed by atoms with Crippen LogP contribution in [-0.4, -0.2) is 54.9 Å². The van der Waals surface area contributed by atoms with E-state index in [1.54, 1.807) is 0 Å². The van der Waals surface area contributed by atoms with Gasteiger partial charge in [-0.15, -0.1) is 0 Å². The molecule has 2 atom stereocenters. The zero-order valence-corrected chi connectivity index (χ0v) is 17.8. The van der Waals surface area contributed by atoms with Gasteiger partial charge in [0.2, 0.25) is 0 Å².